The first-order valence-electron chi connectivity index (χ1n) is 21.4. The first kappa shape index (κ1) is 38.1. The van der Waals surface area contributed by atoms with Gasteiger partial charge in [0.2, 0.25) is 0 Å². The lowest BCUT2D eigenvalue weighted by Crippen LogP contribution is -2.23. The molecule has 1 atom stereocenters. The Hall–Kier alpha value is -7.16. The number of nitrogens with zero attached hydrogens (tertiary/aromatic N) is 2. The molecule has 0 radical (unpaired) electrons. The summed E-state index contributed by atoms with van der Waals surface area (Å²) in [5, 5.41) is 2.47. The number of fused-ring (bicyclic) bond motifs is 5. The van der Waals surface area contributed by atoms with Crippen molar-refractivity contribution in [2.45, 2.75) is 47.0 Å². The van der Waals surface area contributed by atoms with Crippen molar-refractivity contribution < 1.29 is 0 Å². The second-order valence-corrected chi connectivity index (χ2v) is 17.0. The van der Waals surface area contributed by atoms with Crippen LogP contribution in [0, 0.1) is 34.6 Å². The van der Waals surface area contributed by atoms with E-state index in [0.29, 0.717) is 0 Å². The number of anilines is 6. The minimum Gasteiger partial charge on any atom is -0.310 e. The van der Waals surface area contributed by atoms with E-state index in [2.05, 4.69) is 245 Å². The molecule has 0 N–H and O–H groups in total. The van der Waals surface area contributed by atoms with Crippen LogP contribution in [0.4, 0.5) is 34.1 Å². The van der Waals surface area contributed by atoms with Crippen LogP contribution in [-0.2, 0) is 5.41 Å². The Labute approximate surface area is 361 Å². The molecule has 0 fully saturated rings. The fraction of sp³-hybridized carbons (Fsp3) is 0.119. The number of hydrogen-bond acceptors (Lipinski definition) is 2. The molecule has 0 bridgehead atoms. The Morgan fingerprint density at radius 1 is 0.344 bits per heavy atom. The Balaban J connectivity index is 1.23. The summed E-state index contributed by atoms with van der Waals surface area (Å²) in [6.45, 7) is 13.5. The predicted octanol–water partition coefficient (Wildman–Crippen LogP) is 16.3. The smallest absolute Gasteiger partial charge is 0.0543 e. The number of rotatable bonds is 8. The summed E-state index contributed by atoms with van der Waals surface area (Å²) in [6, 6.07) is 72.0. The SMILES string of the molecule is Cc1cccc(N(c2ccc(-c3ccccc3C)c(C)c2)c2cc3c(c4ccccc24)-c2ccc(N(c4ccccc4)c4cc(C)ccc4C)cc2C3(C)c2ccccc2)c1. The van der Waals surface area contributed by atoms with Crippen LogP contribution in [0.15, 0.2) is 194 Å². The van der Waals surface area contributed by atoms with Crippen LogP contribution in [0.25, 0.3) is 33.0 Å². The number of hydrogen-bond donors (Lipinski definition) is 0. The van der Waals surface area contributed by atoms with Crippen LogP contribution >= 0.6 is 0 Å². The van der Waals surface area contributed by atoms with E-state index in [1.54, 1.807) is 0 Å². The van der Waals surface area contributed by atoms with Crippen molar-refractivity contribution in [3.8, 4) is 22.3 Å². The fourth-order valence-electron chi connectivity index (χ4n) is 9.88. The summed E-state index contributed by atoms with van der Waals surface area (Å²) >= 11 is 0. The van der Waals surface area contributed by atoms with Crippen molar-refractivity contribution >= 4 is 44.9 Å². The van der Waals surface area contributed by atoms with Crippen LogP contribution in [-0.4, -0.2) is 0 Å². The summed E-state index contributed by atoms with van der Waals surface area (Å²) in [5.41, 5.74) is 21.7. The van der Waals surface area contributed by atoms with Gasteiger partial charge in [0.25, 0.3) is 0 Å². The molecule has 0 saturated carbocycles. The summed E-state index contributed by atoms with van der Waals surface area (Å²) in [5.74, 6) is 0. The van der Waals surface area contributed by atoms with Crippen molar-refractivity contribution in [3.05, 3.63) is 239 Å². The normalized spacial score (nSPS) is 14.1. The molecule has 9 aromatic carbocycles. The summed E-state index contributed by atoms with van der Waals surface area (Å²) in [6.07, 6.45) is 0. The molecule has 2 nitrogen and oxygen atoms in total. The van der Waals surface area contributed by atoms with E-state index in [-0.39, 0.29) is 0 Å². The van der Waals surface area contributed by atoms with Crippen LogP contribution in [0.3, 0.4) is 0 Å². The van der Waals surface area contributed by atoms with Gasteiger partial charge in [-0.2, -0.15) is 0 Å². The zero-order chi connectivity index (χ0) is 41.8. The first-order valence-corrected chi connectivity index (χ1v) is 21.4. The second-order valence-electron chi connectivity index (χ2n) is 17.0. The Kier molecular flexibility index (Phi) is 9.45. The molecule has 0 amide bonds. The van der Waals surface area contributed by atoms with Gasteiger partial charge in [-0.15, -0.1) is 0 Å². The maximum atomic E-state index is 2.51. The molecular weight excluding hydrogens is 737 g/mol. The second kappa shape index (κ2) is 15.1. The highest BCUT2D eigenvalue weighted by atomic mass is 15.2. The lowest BCUT2D eigenvalue weighted by atomic mass is 9.73. The lowest BCUT2D eigenvalue weighted by Gasteiger charge is -2.33. The Bertz CT molecular complexity index is 3110. The highest BCUT2D eigenvalue weighted by Gasteiger charge is 2.43. The van der Waals surface area contributed by atoms with Crippen molar-refractivity contribution in [1.29, 1.82) is 0 Å². The van der Waals surface area contributed by atoms with E-state index in [0.717, 1.165) is 22.7 Å². The molecule has 61 heavy (non-hydrogen) atoms. The molecule has 9 aromatic rings. The number of para-hydroxylation sites is 1. The molecule has 0 heterocycles. The standard InChI is InChI=1S/C59H50N2/c1-39-18-17-24-46(34-39)61(47-30-32-50(43(5)36-47)49-25-14-13-19-41(49)3)57-38-55-58(52-27-16-15-26-51(52)57)53-33-31-48(37-54(53)59(55,6)44-20-9-7-10-21-44)60(45-22-11-8-12-23-45)56-35-40(2)28-29-42(56)4/h7-38H,1-6H3. The van der Waals surface area contributed by atoms with E-state index in [1.807, 2.05) is 0 Å². The van der Waals surface area contributed by atoms with Gasteiger partial charge in [-0.3, -0.25) is 0 Å². The molecule has 1 aliphatic rings. The van der Waals surface area contributed by atoms with Crippen LogP contribution in [0.2, 0.25) is 0 Å². The topological polar surface area (TPSA) is 6.48 Å². The summed E-state index contributed by atoms with van der Waals surface area (Å²) < 4.78 is 0. The van der Waals surface area contributed by atoms with E-state index in [9.17, 15) is 0 Å². The maximum Gasteiger partial charge on any atom is 0.0543 e. The molecule has 0 aromatic heterocycles. The Morgan fingerprint density at radius 3 is 1.67 bits per heavy atom. The van der Waals surface area contributed by atoms with E-state index in [4.69, 9.17) is 0 Å². The molecule has 296 valence electrons. The van der Waals surface area contributed by atoms with Crippen LogP contribution < -0.4 is 9.80 Å². The Morgan fingerprint density at radius 2 is 0.934 bits per heavy atom. The summed E-state index contributed by atoms with van der Waals surface area (Å²) in [7, 11) is 0. The molecule has 0 spiro atoms. The average Bonchev–Trinajstić information content (AvgIpc) is 3.54. The van der Waals surface area contributed by atoms with Gasteiger partial charge in [0, 0.05) is 39.2 Å². The van der Waals surface area contributed by atoms with Gasteiger partial charge in [0.05, 0.1) is 5.69 Å². The van der Waals surface area contributed by atoms with E-state index < -0.39 is 5.41 Å². The first-order chi connectivity index (χ1) is 29.7. The highest BCUT2D eigenvalue weighted by molar-refractivity contribution is 6.10. The zero-order valence-electron chi connectivity index (χ0n) is 35.9. The van der Waals surface area contributed by atoms with E-state index >= 15 is 0 Å². The van der Waals surface area contributed by atoms with Gasteiger partial charge in [0.15, 0.2) is 0 Å². The molecule has 1 unspecified atom stereocenters. The number of aryl methyl sites for hydroxylation is 5. The van der Waals surface area contributed by atoms with Gasteiger partial charge in [-0.25, -0.2) is 0 Å². The average molecular weight is 787 g/mol. The van der Waals surface area contributed by atoms with Crippen molar-refractivity contribution in [1.82, 2.24) is 0 Å². The predicted molar refractivity (Wildman–Crippen MR) is 260 cm³/mol. The third-order valence-corrected chi connectivity index (χ3v) is 13.0. The molecule has 2 heteroatoms. The summed E-state index contributed by atoms with van der Waals surface area (Å²) in [4.78, 5) is 4.92. The monoisotopic (exact) mass is 786 g/mol. The fourth-order valence-corrected chi connectivity index (χ4v) is 9.88. The van der Waals surface area contributed by atoms with Crippen molar-refractivity contribution in [2.75, 3.05) is 9.80 Å². The third-order valence-electron chi connectivity index (χ3n) is 13.0. The van der Waals surface area contributed by atoms with E-state index in [1.165, 1.54) is 88.9 Å². The largest absolute Gasteiger partial charge is 0.310 e. The van der Waals surface area contributed by atoms with Crippen molar-refractivity contribution in [2.24, 2.45) is 0 Å². The third kappa shape index (κ3) is 6.42. The molecular formula is C59H50N2. The van der Waals surface area contributed by atoms with Crippen LogP contribution in [0.5, 0.6) is 0 Å². The van der Waals surface area contributed by atoms with Gasteiger partial charge in [-0.1, -0.05) is 133 Å². The minimum atomic E-state index is -0.465. The zero-order valence-corrected chi connectivity index (χ0v) is 35.9. The van der Waals surface area contributed by atoms with Gasteiger partial charge < -0.3 is 9.80 Å². The lowest BCUT2D eigenvalue weighted by molar-refractivity contribution is 0.714. The molecule has 0 aliphatic heterocycles. The molecule has 10 rings (SSSR count). The minimum absolute atomic E-state index is 0.465. The quantitative estimate of drug-likeness (QED) is 0.151. The van der Waals surface area contributed by atoms with Gasteiger partial charge in [0.1, 0.15) is 0 Å². The molecule has 0 saturated heterocycles. The van der Waals surface area contributed by atoms with Crippen molar-refractivity contribution in [3.63, 3.8) is 0 Å². The number of benzene rings is 9. The molecule has 1 aliphatic carbocycles. The highest BCUT2D eigenvalue weighted by Crippen LogP contribution is 2.58. The van der Waals surface area contributed by atoms with Gasteiger partial charge >= 0.3 is 0 Å². The van der Waals surface area contributed by atoms with Crippen LogP contribution in [0.1, 0.15) is 51.4 Å². The maximum absolute atomic E-state index is 2.51. The van der Waals surface area contributed by atoms with Gasteiger partial charge in [-0.05, 0) is 174 Å².